The Kier molecular flexibility index (Phi) is 4.12. The molecular formula is C10H18N4O3S. The van der Waals surface area contributed by atoms with E-state index in [4.69, 9.17) is 0 Å². The first-order valence-electron chi connectivity index (χ1n) is 5.45. The lowest BCUT2D eigenvalue weighted by Gasteiger charge is -2.23. The van der Waals surface area contributed by atoms with Crippen LogP contribution in [0.1, 0.15) is 27.7 Å². The maximum Gasteiger partial charge on any atom is 0.258 e. The van der Waals surface area contributed by atoms with Gasteiger partial charge in [0, 0.05) is 5.54 Å². The Morgan fingerprint density at radius 1 is 1.44 bits per heavy atom. The van der Waals surface area contributed by atoms with Gasteiger partial charge in [0.1, 0.15) is 0 Å². The molecule has 0 aliphatic heterocycles. The van der Waals surface area contributed by atoms with Crippen molar-refractivity contribution >= 4 is 15.9 Å². The largest absolute Gasteiger partial charge is 0.350 e. The first kappa shape index (κ1) is 14.7. The van der Waals surface area contributed by atoms with Crippen LogP contribution in [0.2, 0.25) is 0 Å². The molecule has 0 aliphatic carbocycles. The fraction of sp³-hybridized carbons (Fsp3) is 0.600. The molecule has 0 spiro atoms. The molecule has 1 unspecified atom stereocenters. The van der Waals surface area contributed by atoms with E-state index in [2.05, 4.69) is 20.2 Å². The maximum absolute atomic E-state index is 11.8. The molecule has 0 saturated carbocycles. The summed E-state index contributed by atoms with van der Waals surface area (Å²) in [4.78, 5) is 11.7. The minimum Gasteiger partial charge on any atom is -0.350 e. The molecule has 1 atom stereocenters. The summed E-state index contributed by atoms with van der Waals surface area (Å²) in [7, 11) is -3.75. The zero-order valence-electron chi connectivity index (χ0n) is 10.8. The Morgan fingerprint density at radius 2 is 2.06 bits per heavy atom. The van der Waals surface area contributed by atoms with Gasteiger partial charge in [-0.2, -0.15) is 9.82 Å². The van der Waals surface area contributed by atoms with E-state index in [1.165, 1.54) is 19.2 Å². The third kappa shape index (κ3) is 4.11. The van der Waals surface area contributed by atoms with Crippen LogP contribution in [0.15, 0.2) is 17.3 Å². The van der Waals surface area contributed by atoms with Gasteiger partial charge in [-0.25, -0.2) is 8.42 Å². The molecular weight excluding hydrogens is 256 g/mol. The Bertz CT molecular complexity index is 502. The number of aromatic nitrogens is 2. The molecule has 102 valence electrons. The zero-order valence-corrected chi connectivity index (χ0v) is 11.6. The number of H-pyrrole nitrogens is 1. The van der Waals surface area contributed by atoms with Gasteiger partial charge in [-0.3, -0.25) is 9.89 Å². The predicted octanol–water partition coefficient (Wildman–Crippen LogP) is -0.00880. The maximum atomic E-state index is 11.8. The highest BCUT2D eigenvalue weighted by Gasteiger charge is 2.25. The van der Waals surface area contributed by atoms with E-state index in [0.717, 1.165) is 0 Å². The van der Waals surface area contributed by atoms with Crippen LogP contribution in [0.4, 0.5) is 0 Å². The second-order valence-corrected chi connectivity index (χ2v) is 6.69. The molecule has 18 heavy (non-hydrogen) atoms. The molecule has 1 aromatic rings. The molecule has 0 fully saturated rings. The molecule has 0 saturated heterocycles. The highest BCUT2D eigenvalue weighted by atomic mass is 32.2. The van der Waals surface area contributed by atoms with E-state index in [9.17, 15) is 13.2 Å². The number of carbonyl (C=O) groups is 1. The van der Waals surface area contributed by atoms with Crippen molar-refractivity contribution in [3.63, 3.8) is 0 Å². The standard InChI is InChI=1S/C10H18N4O3S/c1-7(9(15)12-10(2,3)4)14-18(16,17)8-5-6-11-13-8/h5-7,14H,1-4H3,(H,11,13)(H,12,15). The number of carbonyl (C=O) groups excluding carboxylic acids is 1. The molecule has 1 heterocycles. The topological polar surface area (TPSA) is 104 Å². The minimum atomic E-state index is -3.75. The predicted molar refractivity (Wildman–Crippen MR) is 66.3 cm³/mol. The number of nitrogens with one attached hydrogen (secondary N) is 3. The van der Waals surface area contributed by atoms with Crippen molar-refractivity contribution in [3.8, 4) is 0 Å². The number of aromatic amines is 1. The molecule has 0 aromatic carbocycles. The van der Waals surface area contributed by atoms with Crippen molar-refractivity contribution in [2.45, 2.75) is 44.3 Å². The third-order valence-electron chi connectivity index (χ3n) is 1.99. The van der Waals surface area contributed by atoms with E-state index >= 15 is 0 Å². The lowest BCUT2D eigenvalue weighted by molar-refractivity contribution is -0.123. The van der Waals surface area contributed by atoms with Gasteiger partial charge >= 0.3 is 0 Å². The van der Waals surface area contributed by atoms with Crippen LogP contribution in [-0.2, 0) is 14.8 Å². The van der Waals surface area contributed by atoms with Gasteiger partial charge in [-0.1, -0.05) is 0 Å². The Morgan fingerprint density at radius 3 is 2.50 bits per heavy atom. The highest BCUT2D eigenvalue weighted by Crippen LogP contribution is 2.05. The molecule has 0 radical (unpaired) electrons. The van der Waals surface area contributed by atoms with Crippen molar-refractivity contribution in [2.24, 2.45) is 0 Å². The summed E-state index contributed by atoms with van der Waals surface area (Å²) >= 11 is 0. The first-order valence-corrected chi connectivity index (χ1v) is 6.94. The van der Waals surface area contributed by atoms with Crippen LogP contribution in [-0.4, -0.2) is 36.1 Å². The Balaban J connectivity index is 2.71. The van der Waals surface area contributed by atoms with E-state index in [1.54, 1.807) is 0 Å². The van der Waals surface area contributed by atoms with E-state index in [-0.39, 0.29) is 10.9 Å². The van der Waals surface area contributed by atoms with Gasteiger partial charge in [-0.05, 0) is 33.8 Å². The second kappa shape index (κ2) is 5.07. The molecule has 0 aliphatic rings. The lowest BCUT2D eigenvalue weighted by atomic mass is 10.1. The number of rotatable bonds is 4. The number of nitrogens with zero attached hydrogens (tertiary/aromatic N) is 1. The summed E-state index contributed by atoms with van der Waals surface area (Å²) in [5, 5.41) is 8.52. The average molecular weight is 274 g/mol. The Labute approximate surface area is 106 Å². The normalized spacial score (nSPS) is 14.2. The van der Waals surface area contributed by atoms with Crippen molar-refractivity contribution < 1.29 is 13.2 Å². The van der Waals surface area contributed by atoms with E-state index < -0.39 is 21.6 Å². The van der Waals surface area contributed by atoms with Crippen LogP contribution >= 0.6 is 0 Å². The van der Waals surface area contributed by atoms with Crippen molar-refractivity contribution in [1.82, 2.24) is 20.2 Å². The summed E-state index contributed by atoms with van der Waals surface area (Å²) in [6.45, 7) is 6.94. The van der Waals surface area contributed by atoms with Crippen LogP contribution in [0.3, 0.4) is 0 Å². The summed E-state index contributed by atoms with van der Waals surface area (Å²) in [5.74, 6) is -0.384. The zero-order chi connectivity index (χ0) is 14.0. The summed E-state index contributed by atoms with van der Waals surface area (Å²) in [5.41, 5.74) is -0.412. The lowest BCUT2D eigenvalue weighted by Crippen LogP contribution is -2.50. The van der Waals surface area contributed by atoms with Crippen LogP contribution in [0.5, 0.6) is 0 Å². The molecule has 1 amide bonds. The molecule has 7 nitrogen and oxygen atoms in total. The fourth-order valence-corrected chi connectivity index (χ4v) is 2.33. The van der Waals surface area contributed by atoms with Gasteiger partial charge in [-0.15, -0.1) is 0 Å². The average Bonchev–Trinajstić information content (AvgIpc) is 2.66. The second-order valence-electron chi connectivity index (χ2n) is 5.00. The molecule has 8 heteroatoms. The molecule has 1 aromatic heterocycles. The molecule has 3 N–H and O–H groups in total. The number of hydrogen-bond acceptors (Lipinski definition) is 4. The van der Waals surface area contributed by atoms with Gasteiger partial charge in [0.2, 0.25) is 5.91 Å². The minimum absolute atomic E-state index is 0.0714. The SMILES string of the molecule is CC(NS(=O)(=O)c1ccn[nH]1)C(=O)NC(C)(C)C. The quantitative estimate of drug-likeness (QED) is 0.718. The smallest absolute Gasteiger partial charge is 0.258 e. The van der Waals surface area contributed by atoms with Gasteiger partial charge < -0.3 is 5.32 Å². The molecule has 0 bridgehead atoms. The molecule has 1 rings (SSSR count). The van der Waals surface area contributed by atoms with Crippen LogP contribution < -0.4 is 10.0 Å². The van der Waals surface area contributed by atoms with E-state index in [0.29, 0.717) is 0 Å². The summed E-state index contributed by atoms with van der Waals surface area (Å²) in [6.07, 6.45) is 1.33. The van der Waals surface area contributed by atoms with Crippen molar-refractivity contribution in [2.75, 3.05) is 0 Å². The van der Waals surface area contributed by atoms with Gasteiger partial charge in [0.15, 0.2) is 5.03 Å². The Hall–Kier alpha value is -1.41. The van der Waals surface area contributed by atoms with Gasteiger partial charge in [0.25, 0.3) is 10.0 Å². The summed E-state index contributed by atoms with van der Waals surface area (Å²) < 4.78 is 25.9. The monoisotopic (exact) mass is 274 g/mol. The van der Waals surface area contributed by atoms with Crippen LogP contribution in [0, 0.1) is 0 Å². The van der Waals surface area contributed by atoms with Gasteiger partial charge in [0.05, 0.1) is 12.2 Å². The van der Waals surface area contributed by atoms with Crippen molar-refractivity contribution in [3.05, 3.63) is 12.3 Å². The fourth-order valence-electron chi connectivity index (χ4n) is 1.22. The number of amides is 1. The summed E-state index contributed by atoms with van der Waals surface area (Å²) in [6, 6.07) is 0.453. The first-order chi connectivity index (χ1) is 8.12. The highest BCUT2D eigenvalue weighted by molar-refractivity contribution is 7.89. The van der Waals surface area contributed by atoms with Crippen LogP contribution in [0.25, 0.3) is 0 Å². The van der Waals surface area contributed by atoms with Crippen molar-refractivity contribution in [1.29, 1.82) is 0 Å². The van der Waals surface area contributed by atoms with E-state index in [1.807, 2.05) is 20.8 Å². The number of sulfonamides is 1. The third-order valence-corrected chi connectivity index (χ3v) is 3.46. The number of hydrogen-bond donors (Lipinski definition) is 3.